The standard InChI is InChI=1S/C15H32N2O/c1-7-16-13(3)15(4,5)11-17-9-8-12(2)14(10-17)18-6/h12-14,16H,7-11H2,1-6H3. The summed E-state index contributed by atoms with van der Waals surface area (Å²) in [4.78, 5) is 2.57. The van der Waals surface area contributed by atoms with Crippen molar-refractivity contribution in [3.05, 3.63) is 0 Å². The largest absolute Gasteiger partial charge is 0.380 e. The van der Waals surface area contributed by atoms with Crippen LogP contribution in [-0.4, -0.2) is 50.3 Å². The highest BCUT2D eigenvalue weighted by Crippen LogP contribution is 2.26. The van der Waals surface area contributed by atoms with Gasteiger partial charge in [0.15, 0.2) is 0 Å². The molecule has 1 fully saturated rings. The normalized spacial score (nSPS) is 28.3. The first kappa shape index (κ1) is 15.9. The number of rotatable bonds is 6. The molecule has 108 valence electrons. The van der Waals surface area contributed by atoms with Crippen molar-refractivity contribution in [1.29, 1.82) is 0 Å². The summed E-state index contributed by atoms with van der Waals surface area (Å²) in [5, 5.41) is 3.55. The van der Waals surface area contributed by atoms with Gasteiger partial charge in [-0.3, -0.25) is 0 Å². The molecule has 0 bridgehead atoms. The minimum absolute atomic E-state index is 0.300. The van der Waals surface area contributed by atoms with Crippen LogP contribution in [0, 0.1) is 11.3 Å². The van der Waals surface area contributed by atoms with Crippen molar-refractivity contribution in [3.8, 4) is 0 Å². The SMILES string of the molecule is CCNC(C)C(C)(C)CN1CCC(C)C(OC)C1. The Kier molecular flexibility index (Phi) is 6.09. The molecule has 3 nitrogen and oxygen atoms in total. The Morgan fingerprint density at radius 3 is 2.67 bits per heavy atom. The zero-order chi connectivity index (χ0) is 13.8. The van der Waals surface area contributed by atoms with E-state index in [4.69, 9.17) is 4.74 Å². The van der Waals surface area contributed by atoms with E-state index in [1.807, 2.05) is 7.11 Å². The molecule has 1 saturated heterocycles. The van der Waals surface area contributed by atoms with Crippen molar-refractivity contribution in [2.45, 2.75) is 53.2 Å². The van der Waals surface area contributed by atoms with Crippen molar-refractivity contribution in [2.24, 2.45) is 11.3 Å². The molecule has 1 aliphatic rings. The van der Waals surface area contributed by atoms with Gasteiger partial charge in [-0.1, -0.05) is 27.7 Å². The summed E-state index contributed by atoms with van der Waals surface area (Å²) < 4.78 is 5.60. The molecule has 0 amide bonds. The number of piperidine rings is 1. The molecule has 0 aromatic heterocycles. The van der Waals surface area contributed by atoms with Crippen LogP contribution >= 0.6 is 0 Å². The van der Waals surface area contributed by atoms with E-state index in [0.29, 0.717) is 23.5 Å². The average molecular weight is 256 g/mol. The third-order valence-corrected chi connectivity index (χ3v) is 4.59. The Hall–Kier alpha value is -0.120. The second kappa shape index (κ2) is 6.88. The number of likely N-dealkylation sites (tertiary alicyclic amines) is 1. The van der Waals surface area contributed by atoms with E-state index in [2.05, 4.69) is 44.8 Å². The highest BCUT2D eigenvalue weighted by molar-refractivity contribution is 4.87. The first-order valence-corrected chi connectivity index (χ1v) is 7.39. The third-order valence-electron chi connectivity index (χ3n) is 4.59. The van der Waals surface area contributed by atoms with Gasteiger partial charge in [-0.15, -0.1) is 0 Å². The monoisotopic (exact) mass is 256 g/mol. The first-order valence-electron chi connectivity index (χ1n) is 7.39. The van der Waals surface area contributed by atoms with Crippen LogP contribution in [0.15, 0.2) is 0 Å². The van der Waals surface area contributed by atoms with E-state index in [9.17, 15) is 0 Å². The van der Waals surface area contributed by atoms with Gasteiger partial charge in [0.05, 0.1) is 6.10 Å². The minimum Gasteiger partial charge on any atom is -0.380 e. The molecule has 3 unspecified atom stereocenters. The highest BCUT2D eigenvalue weighted by Gasteiger charge is 2.32. The lowest BCUT2D eigenvalue weighted by Crippen LogP contribution is -2.51. The lowest BCUT2D eigenvalue weighted by atomic mass is 9.83. The van der Waals surface area contributed by atoms with Gasteiger partial charge in [-0.2, -0.15) is 0 Å². The molecule has 0 radical (unpaired) electrons. The van der Waals surface area contributed by atoms with Gasteiger partial charge in [0.1, 0.15) is 0 Å². The van der Waals surface area contributed by atoms with Crippen LogP contribution in [0.4, 0.5) is 0 Å². The van der Waals surface area contributed by atoms with Crippen molar-refractivity contribution >= 4 is 0 Å². The maximum absolute atomic E-state index is 5.60. The van der Waals surface area contributed by atoms with Crippen LogP contribution in [-0.2, 0) is 4.74 Å². The lowest BCUT2D eigenvalue weighted by Gasteiger charge is -2.42. The fraction of sp³-hybridized carbons (Fsp3) is 1.00. The Morgan fingerprint density at radius 1 is 1.44 bits per heavy atom. The molecule has 3 atom stereocenters. The number of hydrogen-bond donors (Lipinski definition) is 1. The van der Waals surface area contributed by atoms with Gasteiger partial charge in [0, 0.05) is 26.2 Å². The van der Waals surface area contributed by atoms with E-state index in [0.717, 1.165) is 19.6 Å². The summed E-state index contributed by atoms with van der Waals surface area (Å²) in [6.45, 7) is 16.0. The molecule has 1 N–H and O–H groups in total. The maximum Gasteiger partial charge on any atom is 0.0724 e. The van der Waals surface area contributed by atoms with Crippen LogP contribution in [0.2, 0.25) is 0 Å². The molecule has 0 spiro atoms. The summed E-state index contributed by atoms with van der Waals surface area (Å²) in [6, 6.07) is 0.544. The van der Waals surface area contributed by atoms with Gasteiger partial charge >= 0.3 is 0 Å². The van der Waals surface area contributed by atoms with E-state index in [1.165, 1.54) is 13.0 Å². The Balaban J connectivity index is 2.51. The molecule has 3 heteroatoms. The molecule has 0 saturated carbocycles. The summed E-state index contributed by atoms with van der Waals surface area (Å²) in [6.07, 6.45) is 1.66. The molecule has 0 aromatic rings. The third kappa shape index (κ3) is 4.22. The topological polar surface area (TPSA) is 24.5 Å². The number of nitrogens with one attached hydrogen (secondary N) is 1. The zero-order valence-corrected chi connectivity index (χ0v) is 13.1. The molecule has 1 heterocycles. The molecule has 1 aliphatic heterocycles. The first-order chi connectivity index (χ1) is 8.40. The van der Waals surface area contributed by atoms with Crippen LogP contribution in [0.3, 0.4) is 0 Å². The number of nitrogens with zero attached hydrogens (tertiary/aromatic N) is 1. The van der Waals surface area contributed by atoms with E-state index < -0.39 is 0 Å². The number of ether oxygens (including phenoxy) is 1. The Morgan fingerprint density at radius 2 is 2.11 bits per heavy atom. The average Bonchev–Trinajstić information content (AvgIpc) is 2.31. The predicted octanol–water partition coefficient (Wildman–Crippen LogP) is 2.37. The van der Waals surface area contributed by atoms with Crippen LogP contribution in [0.1, 0.15) is 41.0 Å². The zero-order valence-electron chi connectivity index (χ0n) is 13.1. The van der Waals surface area contributed by atoms with Gasteiger partial charge in [-0.05, 0) is 37.8 Å². The maximum atomic E-state index is 5.60. The second-order valence-corrected chi connectivity index (χ2v) is 6.54. The molecular weight excluding hydrogens is 224 g/mol. The van der Waals surface area contributed by atoms with Gasteiger partial charge in [0.25, 0.3) is 0 Å². The van der Waals surface area contributed by atoms with Gasteiger partial charge in [0.2, 0.25) is 0 Å². The molecular formula is C15H32N2O. The Labute approximate surface area is 113 Å². The Bertz CT molecular complexity index is 243. The smallest absolute Gasteiger partial charge is 0.0724 e. The van der Waals surface area contributed by atoms with Crippen molar-refractivity contribution in [3.63, 3.8) is 0 Å². The lowest BCUT2D eigenvalue weighted by molar-refractivity contribution is -0.0177. The molecule has 18 heavy (non-hydrogen) atoms. The van der Waals surface area contributed by atoms with E-state index in [-0.39, 0.29) is 0 Å². The summed E-state index contributed by atoms with van der Waals surface area (Å²) >= 11 is 0. The van der Waals surface area contributed by atoms with Crippen molar-refractivity contribution in [1.82, 2.24) is 10.2 Å². The molecule has 0 aliphatic carbocycles. The number of methoxy groups -OCH3 is 1. The molecule has 1 rings (SSSR count). The van der Waals surface area contributed by atoms with Crippen molar-refractivity contribution in [2.75, 3.05) is 33.3 Å². The minimum atomic E-state index is 0.300. The number of hydrogen-bond acceptors (Lipinski definition) is 3. The van der Waals surface area contributed by atoms with Crippen LogP contribution < -0.4 is 5.32 Å². The summed E-state index contributed by atoms with van der Waals surface area (Å²) in [5.41, 5.74) is 0.300. The summed E-state index contributed by atoms with van der Waals surface area (Å²) in [7, 11) is 1.84. The van der Waals surface area contributed by atoms with E-state index >= 15 is 0 Å². The van der Waals surface area contributed by atoms with Gasteiger partial charge < -0.3 is 15.0 Å². The van der Waals surface area contributed by atoms with E-state index in [1.54, 1.807) is 0 Å². The van der Waals surface area contributed by atoms with Crippen LogP contribution in [0.5, 0.6) is 0 Å². The molecule has 0 aromatic carbocycles. The fourth-order valence-corrected chi connectivity index (χ4v) is 2.84. The second-order valence-electron chi connectivity index (χ2n) is 6.54. The van der Waals surface area contributed by atoms with Crippen LogP contribution in [0.25, 0.3) is 0 Å². The predicted molar refractivity (Wildman–Crippen MR) is 77.9 cm³/mol. The van der Waals surface area contributed by atoms with Crippen molar-refractivity contribution < 1.29 is 4.74 Å². The summed E-state index contributed by atoms with van der Waals surface area (Å²) in [5.74, 6) is 0.695. The quantitative estimate of drug-likeness (QED) is 0.789. The fourth-order valence-electron chi connectivity index (χ4n) is 2.84. The van der Waals surface area contributed by atoms with Gasteiger partial charge in [-0.25, -0.2) is 0 Å². The highest BCUT2D eigenvalue weighted by atomic mass is 16.5.